The molecule has 1 atom stereocenters. The molecule has 0 spiro atoms. The summed E-state index contributed by atoms with van der Waals surface area (Å²) < 4.78 is 0. The first kappa shape index (κ1) is 19.8. The summed E-state index contributed by atoms with van der Waals surface area (Å²) in [5.74, 6) is 0. The Hall–Kier alpha value is -3.16. The largest absolute Gasteiger partial charge is 0.378 e. The molecule has 5 nitrogen and oxygen atoms in total. The molecule has 0 N–H and O–H groups in total. The van der Waals surface area contributed by atoms with Crippen molar-refractivity contribution >= 4 is 50.7 Å². The highest BCUT2D eigenvalue weighted by molar-refractivity contribution is 8.27. The van der Waals surface area contributed by atoms with Crippen molar-refractivity contribution < 1.29 is 0 Å². The fourth-order valence-corrected chi connectivity index (χ4v) is 4.87. The molecular weight excluding hydrogens is 422 g/mol. The molecular formula is C24H21N5S2. The minimum absolute atomic E-state index is 0.254. The third-order valence-electron chi connectivity index (χ3n) is 5.19. The van der Waals surface area contributed by atoms with Crippen LogP contribution in [0.1, 0.15) is 17.3 Å². The van der Waals surface area contributed by atoms with Crippen LogP contribution in [-0.2, 0) is 0 Å². The number of aliphatic imine (C=N–C) groups is 1. The zero-order valence-electron chi connectivity index (χ0n) is 17.2. The highest BCUT2D eigenvalue weighted by Crippen LogP contribution is 2.39. The molecule has 5 rings (SSSR count). The van der Waals surface area contributed by atoms with Gasteiger partial charge in [0.2, 0.25) is 5.11 Å². The number of rotatable bonds is 4. The van der Waals surface area contributed by atoms with Crippen LogP contribution in [0.2, 0.25) is 0 Å². The smallest absolute Gasteiger partial charge is 0.205 e. The average Bonchev–Trinajstić information content (AvgIpc) is 3.25. The molecule has 0 saturated heterocycles. The van der Waals surface area contributed by atoms with Crippen molar-refractivity contribution in [2.45, 2.75) is 6.17 Å². The Bertz CT molecular complexity index is 1160. The molecule has 0 radical (unpaired) electrons. The molecule has 7 heteroatoms. The lowest BCUT2D eigenvalue weighted by Crippen LogP contribution is -2.47. The highest BCUT2D eigenvalue weighted by Gasteiger charge is 2.39. The number of para-hydroxylation sites is 1. The van der Waals surface area contributed by atoms with Gasteiger partial charge in [-0.2, -0.15) is 10.1 Å². The molecule has 2 aliphatic rings. The lowest BCUT2D eigenvalue weighted by molar-refractivity contribution is 0.598. The molecule has 3 aromatic rings. The van der Waals surface area contributed by atoms with Crippen LogP contribution in [0, 0.1) is 0 Å². The highest BCUT2D eigenvalue weighted by atomic mass is 32.2. The maximum Gasteiger partial charge on any atom is 0.205 e. The number of hydrazone groups is 1. The molecule has 154 valence electrons. The molecule has 0 amide bonds. The van der Waals surface area contributed by atoms with Gasteiger partial charge in [-0.3, -0.25) is 4.90 Å². The van der Waals surface area contributed by atoms with E-state index in [1.54, 1.807) is 16.8 Å². The van der Waals surface area contributed by atoms with Gasteiger partial charge in [0.15, 0.2) is 11.3 Å². The monoisotopic (exact) mass is 443 g/mol. The first-order valence-corrected chi connectivity index (χ1v) is 11.2. The third kappa shape index (κ3) is 3.71. The molecule has 0 unspecified atom stereocenters. The lowest BCUT2D eigenvalue weighted by atomic mass is 10.1. The summed E-state index contributed by atoms with van der Waals surface area (Å²) in [7, 11) is 4.08. The maximum absolute atomic E-state index is 5.94. The fraction of sp³-hybridized carbons (Fsp3) is 0.125. The van der Waals surface area contributed by atoms with Gasteiger partial charge in [0.05, 0.1) is 0 Å². The summed E-state index contributed by atoms with van der Waals surface area (Å²) in [6.07, 6.45) is -0.254. The molecule has 2 heterocycles. The first-order chi connectivity index (χ1) is 15.1. The van der Waals surface area contributed by atoms with E-state index in [2.05, 4.69) is 58.3 Å². The second kappa shape index (κ2) is 8.17. The number of hydrogen-bond donors (Lipinski definition) is 0. The van der Waals surface area contributed by atoms with Crippen molar-refractivity contribution in [1.82, 2.24) is 5.01 Å². The molecule has 0 saturated carbocycles. The quantitative estimate of drug-likeness (QED) is 0.510. The van der Waals surface area contributed by atoms with Gasteiger partial charge in [0.25, 0.3) is 0 Å². The van der Waals surface area contributed by atoms with Gasteiger partial charge in [-0.05, 0) is 53.8 Å². The van der Waals surface area contributed by atoms with Crippen LogP contribution < -0.4 is 9.80 Å². The Morgan fingerprint density at radius 2 is 1.52 bits per heavy atom. The van der Waals surface area contributed by atoms with Crippen molar-refractivity contribution in [2.75, 3.05) is 23.9 Å². The molecule has 0 aliphatic carbocycles. The topological polar surface area (TPSA) is 34.4 Å². The van der Waals surface area contributed by atoms with Crippen LogP contribution in [0.15, 0.2) is 95.0 Å². The Morgan fingerprint density at radius 3 is 2.16 bits per heavy atom. The van der Waals surface area contributed by atoms with Gasteiger partial charge >= 0.3 is 0 Å². The molecule has 31 heavy (non-hydrogen) atoms. The van der Waals surface area contributed by atoms with Crippen LogP contribution in [-0.4, -0.2) is 34.4 Å². The maximum atomic E-state index is 5.94. The third-order valence-corrected chi connectivity index (χ3v) is 6.53. The molecule has 0 fully saturated rings. The summed E-state index contributed by atoms with van der Waals surface area (Å²) in [6.45, 7) is 0. The van der Waals surface area contributed by atoms with Crippen molar-refractivity contribution in [2.24, 2.45) is 10.1 Å². The van der Waals surface area contributed by atoms with Gasteiger partial charge in [-0.1, -0.05) is 60.7 Å². The number of thiocarbonyl (C=S) groups is 1. The predicted octanol–water partition coefficient (Wildman–Crippen LogP) is 5.32. The number of benzene rings is 3. The van der Waals surface area contributed by atoms with Crippen molar-refractivity contribution in [3.05, 3.63) is 96.1 Å². The van der Waals surface area contributed by atoms with E-state index in [1.807, 2.05) is 50.5 Å². The number of fused-ring (bicyclic) bond motifs is 1. The number of hydrogen-bond acceptors (Lipinski definition) is 5. The van der Waals surface area contributed by atoms with E-state index < -0.39 is 0 Å². The Labute approximate surface area is 191 Å². The van der Waals surface area contributed by atoms with Gasteiger partial charge in [-0.25, -0.2) is 4.99 Å². The van der Waals surface area contributed by atoms with Crippen molar-refractivity contribution in [3.63, 3.8) is 0 Å². The summed E-state index contributed by atoms with van der Waals surface area (Å²) in [5, 5.41) is 8.90. The number of anilines is 2. The molecule has 2 aliphatic heterocycles. The van der Waals surface area contributed by atoms with Gasteiger partial charge in [-0.15, -0.1) is 0 Å². The van der Waals surface area contributed by atoms with Gasteiger partial charge in [0, 0.05) is 31.0 Å². The van der Waals surface area contributed by atoms with Gasteiger partial charge < -0.3 is 4.90 Å². The van der Waals surface area contributed by atoms with E-state index in [9.17, 15) is 0 Å². The minimum atomic E-state index is -0.254. The van der Waals surface area contributed by atoms with E-state index >= 15 is 0 Å². The van der Waals surface area contributed by atoms with E-state index in [1.165, 1.54) is 0 Å². The summed E-state index contributed by atoms with van der Waals surface area (Å²) >= 11 is 7.50. The number of nitrogens with zero attached hydrogens (tertiary/aromatic N) is 5. The Kier molecular flexibility index (Phi) is 5.21. The van der Waals surface area contributed by atoms with E-state index in [-0.39, 0.29) is 6.17 Å². The zero-order valence-corrected chi connectivity index (χ0v) is 18.8. The Balaban J connectivity index is 1.58. The average molecular weight is 444 g/mol. The first-order valence-electron chi connectivity index (χ1n) is 9.97. The van der Waals surface area contributed by atoms with Crippen molar-refractivity contribution in [1.29, 1.82) is 0 Å². The van der Waals surface area contributed by atoms with Crippen LogP contribution in [0.5, 0.6) is 0 Å². The lowest BCUT2D eigenvalue weighted by Gasteiger charge is -2.38. The second-order valence-corrected chi connectivity index (χ2v) is 8.77. The van der Waals surface area contributed by atoms with Crippen molar-refractivity contribution in [3.8, 4) is 0 Å². The van der Waals surface area contributed by atoms with Crippen LogP contribution in [0.3, 0.4) is 0 Å². The van der Waals surface area contributed by atoms with E-state index in [0.29, 0.717) is 5.11 Å². The zero-order chi connectivity index (χ0) is 21.4. The standard InChI is InChI=1S/C24H21N5S2/c1-27(2)19-15-13-17(14-16-19)21-25-23-29(24(30)28(21)20-11-7-4-8-12-20)26-22(31-23)18-9-5-3-6-10-18/h3-16,21H,1-2H3/t21-/m1/s1. The normalized spacial score (nSPS) is 17.9. The molecule has 3 aromatic carbocycles. The van der Waals surface area contributed by atoms with Crippen LogP contribution >= 0.6 is 24.0 Å². The SMILES string of the molecule is CN(C)c1ccc([C@@H]2N=C3SC(c4ccccc4)=NN3C(=S)N2c2ccccc2)cc1. The Morgan fingerprint density at radius 1 is 0.871 bits per heavy atom. The molecule has 0 aromatic heterocycles. The summed E-state index contributed by atoms with van der Waals surface area (Å²) in [6, 6.07) is 28.8. The van der Waals surface area contributed by atoms with E-state index in [0.717, 1.165) is 32.7 Å². The van der Waals surface area contributed by atoms with Crippen LogP contribution in [0.4, 0.5) is 11.4 Å². The van der Waals surface area contributed by atoms with Gasteiger partial charge in [0.1, 0.15) is 5.04 Å². The summed E-state index contributed by atoms with van der Waals surface area (Å²) in [4.78, 5) is 9.25. The minimum Gasteiger partial charge on any atom is -0.378 e. The second-order valence-electron chi connectivity index (χ2n) is 7.44. The number of thioether (sulfide) groups is 1. The van der Waals surface area contributed by atoms with E-state index in [4.69, 9.17) is 22.3 Å². The fourth-order valence-electron chi connectivity index (χ4n) is 3.56. The van der Waals surface area contributed by atoms with Crippen LogP contribution in [0.25, 0.3) is 0 Å². The predicted molar refractivity (Wildman–Crippen MR) is 135 cm³/mol. The molecule has 0 bridgehead atoms. The summed E-state index contributed by atoms with van der Waals surface area (Å²) in [5.41, 5.74) is 4.28. The number of amidine groups is 1.